The number of unbranched alkanes of at least 4 members (excludes halogenated alkanes) is 2. The van der Waals surface area contributed by atoms with E-state index >= 15 is 0 Å². The average Bonchev–Trinajstić information content (AvgIpc) is 2.74. The van der Waals surface area contributed by atoms with Crippen molar-refractivity contribution in [2.45, 2.75) is 38.3 Å². The van der Waals surface area contributed by atoms with E-state index in [1.165, 1.54) is 25.8 Å². The molecule has 1 heterocycles. The van der Waals surface area contributed by atoms with Crippen molar-refractivity contribution in [2.75, 3.05) is 6.54 Å². The van der Waals surface area contributed by atoms with Crippen LogP contribution in [0.4, 0.5) is 0 Å². The first-order valence-electron chi connectivity index (χ1n) is 7.37. The van der Waals surface area contributed by atoms with Crippen molar-refractivity contribution in [1.82, 2.24) is 4.90 Å². The second kappa shape index (κ2) is 5.27. The normalized spacial score (nSPS) is 36.9. The number of rotatable bonds is 4. The fourth-order valence-electron chi connectivity index (χ4n) is 3.64. The number of allylic oxidation sites excluding steroid dienone is 4. The predicted molar refractivity (Wildman–Crippen MR) is 77.3 cm³/mol. The van der Waals surface area contributed by atoms with Gasteiger partial charge >= 0.3 is 0 Å². The van der Waals surface area contributed by atoms with Crippen LogP contribution in [0, 0.1) is 11.8 Å². The van der Waals surface area contributed by atoms with Crippen molar-refractivity contribution in [3.8, 4) is 0 Å². The SMILES string of the molecule is CCCCCN1C2C=CC=CC2C2C=CC=CC21. The molecule has 0 aromatic carbocycles. The molecular weight excluding hydrogens is 218 g/mol. The third kappa shape index (κ3) is 2.01. The first-order valence-corrected chi connectivity index (χ1v) is 7.37. The minimum atomic E-state index is 0.620. The van der Waals surface area contributed by atoms with Crippen molar-refractivity contribution < 1.29 is 0 Å². The van der Waals surface area contributed by atoms with Gasteiger partial charge < -0.3 is 0 Å². The maximum Gasteiger partial charge on any atom is 0.0356 e. The molecular formula is C17H23N. The third-order valence-corrected chi connectivity index (χ3v) is 4.52. The molecule has 0 bridgehead atoms. The van der Waals surface area contributed by atoms with Gasteiger partial charge in [-0.05, 0) is 13.0 Å². The van der Waals surface area contributed by atoms with E-state index < -0.39 is 0 Å². The van der Waals surface area contributed by atoms with Gasteiger partial charge in [-0.25, -0.2) is 0 Å². The van der Waals surface area contributed by atoms with Crippen molar-refractivity contribution in [1.29, 1.82) is 0 Å². The Labute approximate surface area is 111 Å². The number of fused-ring (bicyclic) bond motifs is 3. The van der Waals surface area contributed by atoms with Crippen LogP contribution >= 0.6 is 0 Å². The quantitative estimate of drug-likeness (QED) is 0.678. The molecule has 0 aromatic heterocycles. The van der Waals surface area contributed by atoms with E-state index in [0.717, 1.165) is 0 Å². The summed E-state index contributed by atoms with van der Waals surface area (Å²) < 4.78 is 0. The Balaban J connectivity index is 1.79. The lowest BCUT2D eigenvalue weighted by molar-refractivity contribution is 0.230. The minimum Gasteiger partial charge on any atom is -0.289 e. The molecule has 18 heavy (non-hydrogen) atoms. The number of nitrogens with zero attached hydrogens (tertiary/aromatic N) is 1. The van der Waals surface area contributed by atoms with E-state index in [2.05, 4.69) is 60.4 Å². The number of hydrogen-bond donors (Lipinski definition) is 0. The molecule has 1 nitrogen and oxygen atoms in total. The zero-order valence-electron chi connectivity index (χ0n) is 11.2. The molecule has 4 unspecified atom stereocenters. The number of likely N-dealkylation sites (tertiary alicyclic amines) is 1. The average molecular weight is 241 g/mol. The van der Waals surface area contributed by atoms with Gasteiger partial charge in [0.15, 0.2) is 0 Å². The topological polar surface area (TPSA) is 3.24 Å². The molecule has 2 aliphatic carbocycles. The first kappa shape index (κ1) is 12.0. The maximum absolute atomic E-state index is 2.71. The van der Waals surface area contributed by atoms with E-state index in [1.54, 1.807) is 0 Å². The summed E-state index contributed by atoms with van der Waals surface area (Å²) >= 11 is 0. The van der Waals surface area contributed by atoms with Crippen LogP contribution in [0.5, 0.6) is 0 Å². The molecule has 1 aliphatic heterocycles. The molecule has 0 spiro atoms. The number of hydrogen-bond acceptors (Lipinski definition) is 1. The zero-order valence-corrected chi connectivity index (χ0v) is 11.2. The molecule has 3 aliphatic rings. The van der Waals surface area contributed by atoms with Crippen molar-refractivity contribution in [3.05, 3.63) is 48.6 Å². The molecule has 1 heteroatoms. The highest BCUT2D eigenvalue weighted by atomic mass is 15.2. The summed E-state index contributed by atoms with van der Waals surface area (Å²) in [7, 11) is 0. The Bertz CT molecular complexity index is 368. The first-order chi connectivity index (χ1) is 8.92. The second-order valence-corrected chi connectivity index (χ2v) is 5.62. The van der Waals surface area contributed by atoms with E-state index in [4.69, 9.17) is 0 Å². The van der Waals surface area contributed by atoms with Crippen molar-refractivity contribution >= 4 is 0 Å². The standard InChI is InChI=1S/C17H23N/c1-2-3-8-13-18-16-11-6-4-9-14(16)15-10-5-7-12-17(15)18/h4-7,9-12,14-17H,2-3,8,13H2,1H3. The van der Waals surface area contributed by atoms with Gasteiger partial charge in [0.1, 0.15) is 0 Å². The molecule has 0 saturated carbocycles. The van der Waals surface area contributed by atoms with E-state index in [0.29, 0.717) is 23.9 Å². The zero-order chi connectivity index (χ0) is 12.4. The van der Waals surface area contributed by atoms with Gasteiger partial charge in [0.2, 0.25) is 0 Å². The largest absolute Gasteiger partial charge is 0.289 e. The smallest absolute Gasteiger partial charge is 0.0356 e. The van der Waals surface area contributed by atoms with Gasteiger partial charge in [-0.2, -0.15) is 0 Å². The summed E-state index contributed by atoms with van der Waals surface area (Å²) in [5.74, 6) is 1.37. The van der Waals surface area contributed by atoms with Gasteiger partial charge in [-0.1, -0.05) is 68.4 Å². The predicted octanol–water partition coefficient (Wildman–Crippen LogP) is 3.71. The van der Waals surface area contributed by atoms with Crippen LogP contribution in [0.25, 0.3) is 0 Å². The fourth-order valence-corrected chi connectivity index (χ4v) is 3.64. The molecule has 3 rings (SSSR count). The molecule has 0 amide bonds. The van der Waals surface area contributed by atoms with Crippen molar-refractivity contribution in [2.24, 2.45) is 11.8 Å². The second-order valence-electron chi connectivity index (χ2n) is 5.62. The Hall–Kier alpha value is -1.08. The Morgan fingerprint density at radius 2 is 1.33 bits per heavy atom. The Morgan fingerprint density at radius 3 is 1.89 bits per heavy atom. The molecule has 1 fully saturated rings. The lowest BCUT2D eigenvalue weighted by Gasteiger charge is -2.29. The van der Waals surface area contributed by atoms with Gasteiger partial charge in [0.25, 0.3) is 0 Å². The van der Waals surface area contributed by atoms with E-state index in [9.17, 15) is 0 Å². The van der Waals surface area contributed by atoms with Gasteiger partial charge in [-0.15, -0.1) is 0 Å². The van der Waals surface area contributed by atoms with E-state index in [-0.39, 0.29) is 0 Å². The summed E-state index contributed by atoms with van der Waals surface area (Å²) in [6, 6.07) is 1.24. The summed E-state index contributed by atoms with van der Waals surface area (Å²) in [5, 5.41) is 0. The summed E-state index contributed by atoms with van der Waals surface area (Å²) in [5.41, 5.74) is 0. The molecule has 96 valence electrons. The van der Waals surface area contributed by atoms with Crippen LogP contribution in [0.15, 0.2) is 48.6 Å². The summed E-state index contributed by atoms with van der Waals surface area (Å²) in [6.07, 6.45) is 22.5. The van der Waals surface area contributed by atoms with Crippen LogP contribution < -0.4 is 0 Å². The fraction of sp³-hybridized carbons (Fsp3) is 0.529. The third-order valence-electron chi connectivity index (χ3n) is 4.52. The van der Waals surface area contributed by atoms with Crippen LogP contribution in [0.2, 0.25) is 0 Å². The van der Waals surface area contributed by atoms with E-state index in [1.807, 2.05) is 0 Å². The molecule has 0 radical (unpaired) electrons. The maximum atomic E-state index is 2.71. The Kier molecular flexibility index (Phi) is 3.51. The van der Waals surface area contributed by atoms with Crippen LogP contribution in [0.3, 0.4) is 0 Å². The van der Waals surface area contributed by atoms with Crippen LogP contribution in [0.1, 0.15) is 26.2 Å². The Morgan fingerprint density at radius 1 is 0.778 bits per heavy atom. The summed E-state index contributed by atoms with van der Waals surface area (Å²) in [6.45, 7) is 3.52. The highest BCUT2D eigenvalue weighted by molar-refractivity contribution is 5.30. The lowest BCUT2D eigenvalue weighted by atomic mass is 9.83. The molecule has 1 saturated heterocycles. The molecule has 0 N–H and O–H groups in total. The van der Waals surface area contributed by atoms with Crippen LogP contribution in [-0.2, 0) is 0 Å². The highest BCUT2D eigenvalue weighted by Gasteiger charge is 2.44. The van der Waals surface area contributed by atoms with Crippen LogP contribution in [-0.4, -0.2) is 23.5 Å². The van der Waals surface area contributed by atoms with Crippen molar-refractivity contribution in [3.63, 3.8) is 0 Å². The molecule has 4 atom stereocenters. The minimum absolute atomic E-state index is 0.620. The highest BCUT2D eigenvalue weighted by Crippen LogP contribution is 2.41. The van der Waals surface area contributed by atoms with Gasteiger partial charge in [-0.3, -0.25) is 4.90 Å². The lowest BCUT2D eigenvalue weighted by Crippen LogP contribution is -2.37. The van der Waals surface area contributed by atoms with Gasteiger partial charge in [0, 0.05) is 23.9 Å². The van der Waals surface area contributed by atoms with Gasteiger partial charge in [0.05, 0.1) is 0 Å². The molecule has 0 aromatic rings. The summed E-state index contributed by atoms with van der Waals surface area (Å²) in [4.78, 5) is 2.71. The monoisotopic (exact) mass is 241 g/mol.